The first kappa shape index (κ1) is 17.6. The predicted octanol–water partition coefficient (Wildman–Crippen LogP) is 2.88. The molecule has 0 atom stereocenters. The molecule has 27 heavy (non-hydrogen) atoms. The number of amides is 1. The van der Waals surface area contributed by atoms with Gasteiger partial charge in [0.05, 0.1) is 5.75 Å². The number of fused-ring (bicyclic) bond motifs is 1. The van der Waals surface area contributed by atoms with Crippen molar-refractivity contribution in [2.24, 2.45) is 0 Å². The van der Waals surface area contributed by atoms with Crippen LogP contribution in [0.3, 0.4) is 0 Å². The lowest BCUT2D eigenvalue weighted by Crippen LogP contribution is -2.27. The van der Waals surface area contributed by atoms with Gasteiger partial charge in [-0.2, -0.15) is 0 Å². The number of para-hydroxylation sites is 1. The number of hydrogen-bond donors (Lipinski definition) is 1. The molecule has 2 aromatic carbocycles. The van der Waals surface area contributed by atoms with E-state index in [-0.39, 0.29) is 5.91 Å². The Hall–Kier alpha value is -2.80. The Labute approximate surface area is 162 Å². The second-order valence-electron chi connectivity index (χ2n) is 6.30. The van der Waals surface area contributed by atoms with Crippen molar-refractivity contribution < 1.29 is 4.79 Å². The Morgan fingerprint density at radius 1 is 1.00 bits per heavy atom. The fourth-order valence-electron chi connectivity index (χ4n) is 3.11. The van der Waals surface area contributed by atoms with Crippen LogP contribution >= 0.6 is 11.8 Å². The number of aromatic nitrogens is 3. The molecule has 1 aliphatic heterocycles. The topological polar surface area (TPSA) is 63.1 Å². The lowest BCUT2D eigenvalue weighted by molar-refractivity contribution is -0.118. The molecule has 0 spiro atoms. The third-order valence-electron chi connectivity index (χ3n) is 4.46. The minimum absolute atomic E-state index is 0.0196. The number of thioether (sulfide) groups is 1. The maximum absolute atomic E-state index is 12.1. The van der Waals surface area contributed by atoms with Crippen molar-refractivity contribution in [2.45, 2.75) is 18.1 Å². The van der Waals surface area contributed by atoms with Gasteiger partial charge in [0.1, 0.15) is 0 Å². The van der Waals surface area contributed by atoms with E-state index < -0.39 is 0 Å². The highest BCUT2D eigenvalue weighted by atomic mass is 32.2. The summed E-state index contributed by atoms with van der Waals surface area (Å²) in [4.78, 5) is 14.3. The first-order chi connectivity index (χ1) is 13.3. The van der Waals surface area contributed by atoms with Crippen molar-refractivity contribution in [2.75, 3.05) is 23.7 Å². The zero-order valence-corrected chi connectivity index (χ0v) is 15.7. The van der Waals surface area contributed by atoms with Crippen LogP contribution in [0.25, 0.3) is 0 Å². The normalized spacial score (nSPS) is 12.8. The van der Waals surface area contributed by atoms with Gasteiger partial charge >= 0.3 is 0 Å². The third kappa shape index (κ3) is 4.14. The lowest BCUT2D eigenvalue weighted by Gasteiger charge is -2.14. The van der Waals surface area contributed by atoms with Crippen LogP contribution in [-0.2, 0) is 17.8 Å². The van der Waals surface area contributed by atoms with Crippen LogP contribution in [0, 0.1) is 0 Å². The number of carbonyl (C=O) groups is 1. The molecule has 6 nitrogen and oxygen atoms in total. The molecular weight excluding hydrogens is 358 g/mol. The van der Waals surface area contributed by atoms with Gasteiger partial charge in [0.15, 0.2) is 5.16 Å². The molecule has 1 aromatic heterocycles. The van der Waals surface area contributed by atoms with E-state index in [0.717, 1.165) is 36.3 Å². The highest BCUT2D eigenvalue weighted by Crippen LogP contribution is 2.31. The van der Waals surface area contributed by atoms with Crippen molar-refractivity contribution in [1.29, 1.82) is 0 Å². The zero-order valence-electron chi connectivity index (χ0n) is 14.9. The number of nitrogens with zero attached hydrogens (tertiary/aromatic N) is 4. The molecule has 7 heteroatoms. The lowest BCUT2D eigenvalue weighted by atomic mass is 10.1. The van der Waals surface area contributed by atoms with Gasteiger partial charge in [-0.3, -0.25) is 9.36 Å². The van der Waals surface area contributed by atoms with Crippen LogP contribution in [-0.4, -0.2) is 39.5 Å². The van der Waals surface area contributed by atoms with Gasteiger partial charge in [-0.15, -0.1) is 10.2 Å². The summed E-state index contributed by atoms with van der Waals surface area (Å²) in [6.07, 6.45) is 0.837. The summed E-state index contributed by atoms with van der Waals surface area (Å²) >= 11 is 1.43. The van der Waals surface area contributed by atoms with E-state index in [0.29, 0.717) is 12.3 Å². The molecule has 0 fully saturated rings. The average molecular weight is 379 g/mol. The Morgan fingerprint density at radius 3 is 2.52 bits per heavy atom. The highest BCUT2D eigenvalue weighted by Gasteiger charge is 2.26. The molecule has 3 aromatic rings. The summed E-state index contributed by atoms with van der Waals surface area (Å²) in [6.45, 7) is 2.34. The van der Waals surface area contributed by atoms with E-state index in [1.807, 2.05) is 36.4 Å². The average Bonchev–Trinajstić information content (AvgIpc) is 3.30. The van der Waals surface area contributed by atoms with Crippen LogP contribution in [0.15, 0.2) is 65.8 Å². The number of anilines is 2. The van der Waals surface area contributed by atoms with Gasteiger partial charge in [0.25, 0.3) is 0 Å². The molecule has 0 bridgehead atoms. The van der Waals surface area contributed by atoms with Gasteiger partial charge in [-0.1, -0.05) is 60.3 Å². The van der Waals surface area contributed by atoms with Crippen LogP contribution in [0.4, 0.5) is 11.6 Å². The molecule has 138 valence electrons. The van der Waals surface area contributed by atoms with Crippen LogP contribution in [0.2, 0.25) is 0 Å². The Kier molecular flexibility index (Phi) is 5.39. The van der Waals surface area contributed by atoms with Crippen molar-refractivity contribution in [3.05, 3.63) is 66.2 Å². The Morgan fingerprint density at radius 2 is 1.74 bits per heavy atom. The first-order valence-corrected chi connectivity index (χ1v) is 9.99. The zero-order chi connectivity index (χ0) is 18.5. The largest absolute Gasteiger partial charge is 0.355 e. The molecule has 1 amide bonds. The summed E-state index contributed by atoms with van der Waals surface area (Å²) in [7, 11) is 0. The molecule has 0 saturated heterocycles. The highest BCUT2D eigenvalue weighted by molar-refractivity contribution is 7.99. The fraction of sp³-hybridized carbons (Fsp3) is 0.250. The predicted molar refractivity (Wildman–Crippen MR) is 107 cm³/mol. The van der Waals surface area contributed by atoms with Crippen molar-refractivity contribution >= 4 is 29.3 Å². The SMILES string of the molecule is O=C(CSc1nnc2n1CCN2c1ccccc1)NCCc1ccccc1. The quantitative estimate of drug-likeness (QED) is 0.640. The fourth-order valence-corrected chi connectivity index (χ4v) is 3.90. The number of nitrogens with one attached hydrogen (secondary N) is 1. The smallest absolute Gasteiger partial charge is 0.232 e. The second kappa shape index (κ2) is 8.26. The number of rotatable bonds is 7. The minimum atomic E-state index is 0.0196. The molecule has 0 unspecified atom stereocenters. The maximum atomic E-state index is 12.1. The van der Waals surface area contributed by atoms with Crippen molar-refractivity contribution in [1.82, 2.24) is 20.1 Å². The number of benzene rings is 2. The van der Waals surface area contributed by atoms with Gasteiger partial charge in [0, 0.05) is 25.3 Å². The summed E-state index contributed by atoms with van der Waals surface area (Å²) in [6, 6.07) is 20.3. The van der Waals surface area contributed by atoms with E-state index in [1.165, 1.54) is 17.3 Å². The minimum Gasteiger partial charge on any atom is -0.355 e. The van der Waals surface area contributed by atoms with Gasteiger partial charge in [-0.25, -0.2) is 0 Å². The van der Waals surface area contributed by atoms with Crippen LogP contribution in [0.5, 0.6) is 0 Å². The van der Waals surface area contributed by atoms with E-state index in [9.17, 15) is 4.79 Å². The first-order valence-electron chi connectivity index (χ1n) is 9.00. The van der Waals surface area contributed by atoms with Gasteiger partial charge in [-0.05, 0) is 24.1 Å². The van der Waals surface area contributed by atoms with Crippen molar-refractivity contribution in [3.63, 3.8) is 0 Å². The van der Waals surface area contributed by atoms with Gasteiger partial charge in [0.2, 0.25) is 11.9 Å². The Bertz CT molecular complexity index is 897. The van der Waals surface area contributed by atoms with E-state index >= 15 is 0 Å². The van der Waals surface area contributed by atoms with Gasteiger partial charge < -0.3 is 10.2 Å². The standard InChI is InChI=1S/C20H21N5OS/c26-18(21-12-11-16-7-3-1-4-8-16)15-27-20-23-22-19-24(13-14-25(19)20)17-9-5-2-6-10-17/h1-10H,11-15H2,(H,21,26). The van der Waals surface area contributed by atoms with Crippen LogP contribution in [0.1, 0.15) is 5.56 Å². The third-order valence-corrected chi connectivity index (χ3v) is 5.43. The molecule has 0 saturated carbocycles. The Balaban J connectivity index is 1.29. The van der Waals surface area contributed by atoms with E-state index in [4.69, 9.17) is 0 Å². The van der Waals surface area contributed by atoms with Crippen molar-refractivity contribution in [3.8, 4) is 0 Å². The number of hydrogen-bond acceptors (Lipinski definition) is 5. The molecular formula is C20H21N5OS. The second-order valence-corrected chi connectivity index (χ2v) is 7.24. The monoisotopic (exact) mass is 379 g/mol. The molecule has 1 N–H and O–H groups in total. The molecule has 0 radical (unpaired) electrons. The molecule has 1 aliphatic rings. The summed E-state index contributed by atoms with van der Waals surface area (Å²) in [5.41, 5.74) is 2.33. The van der Waals surface area contributed by atoms with E-state index in [1.54, 1.807) is 0 Å². The maximum Gasteiger partial charge on any atom is 0.232 e. The summed E-state index contributed by atoms with van der Waals surface area (Å²) in [5, 5.41) is 12.3. The number of carbonyl (C=O) groups excluding carboxylic acids is 1. The van der Waals surface area contributed by atoms with E-state index in [2.05, 4.69) is 49.2 Å². The molecule has 2 heterocycles. The summed E-state index contributed by atoms with van der Waals surface area (Å²) < 4.78 is 2.08. The van der Waals surface area contributed by atoms with Crippen LogP contribution < -0.4 is 10.2 Å². The summed E-state index contributed by atoms with van der Waals surface area (Å²) in [5.74, 6) is 1.21. The molecule has 4 rings (SSSR count). The molecule has 0 aliphatic carbocycles.